The Labute approximate surface area is 103 Å². The molecule has 0 fully saturated rings. The molecule has 0 aliphatic heterocycles. The molecule has 0 bridgehead atoms. The van der Waals surface area contributed by atoms with Gasteiger partial charge < -0.3 is 5.32 Å². The molecule has 0 amide bonds. The molecule has 0 saturated heterocycles. The highest BCUT2D eigenvalue weighted by Crippen LogP contribution is 2.16. The summed E-state index contributed by atoms with van der Waals surface area (Å²) in [6.07, 6.45) is 0.901. The van der Waals surface area contributed by atoms with E-state index < -0.39 is 10.0 Å². The van der Waals surface area contributed by atoms with Crippen LogP contribution in [0.4, 0.5) is 5.69 Å². The molecule has 4 nitrogen and oxygen atoms in total. The summed E-state index contributed by atoms with van der Waals surface area (Å²) < 4.78 is 26.0. The topological polar surface area (TPSA) is 58.2 Å². The Morgan fingerprint density at radius 1 is 1.29 bits per heavy atom. The highest BCUT2D eigenvalue weighted by Gasteiger charge is 2.10. The van der Waals surface area contributed by atoms with E-state index in [-0.39, 0.29) is 5.75 Å². The van der Waals surface area contributed by atoms with Crippen LogP contribution in [0.15, 0.2) is 18.2 Å². The van der Waals surface area contributed by atoms with Crippen LogP contribution in [-0.4, -0.2) is 27.8 Å². The van der Waals surface area contributed by atoms with Crippen LogP contribution < -0.4 is 10.0 Å². The molecule has 1 aromatic carbocycles. The zero-order chi connectivity index (χ0) is 12.9. The fourth-order valence-electron chi connectivity index (χ4n) is 1.58. The lowest BCUT2D eigenvalue weighted by molar-refractivity contribution is 0.598. The number of rotatable bonds is 6. The lowest BCUT2D eigenvalue weighted by Crippen LogP contribution is -2.24. The van der Waals surface area contributed by atoms with Crippen molar-refractivity contribution >= 4 is 15.7 Å². The molecule has 0 aliphatic carbocycles. The van der Waals surface area contributed by atoms with E-state index in [4.69, 9.17) is 0 Å². The second-order valence-corrected chi connectivity index (χ2v) is 5.86. The van der Waals surface area contributed by atoms with Crippen LogP contribution in [-0.2, 0) is 16.4 Å². The van der Waals surface area contributed by atoms with Gasteiger partial charge in [0.2, 0.25) is 10.0 Å². The summed E-state index contributed by atoms with van der Waals surface area (Å²) in [7, 11) is -1.51. The SMILES string of the molecule is CCc1cc(NS(=O)(=O)CCNC)ccc1C. The highest BCUT2D eigenvalue weighted by atomic mass is 32.2. The first kappa shape index (κ1) is 14.0. The molecule has 2 N–H and O–H groups in total. The predicted octanol–water partition coefficient (Wildman–Crippen LogP) is 1.52. The molecule has 1 rings (SSSR count). The van der Waals surface area contributed by atoms with Crippen LogP contribution >= 0.6 is 0 Å². The van der Waals surface area contributed by atoms with E-state index in [2.05, 4.69) is 17.0 Å². The van der Waals surface area contributed by atoms with Gasteiger partial charge in [-0.25, -0.2) is 8.42 Å². The van der Waals surface area contributed by atoms with Gasteiger partial charge in [0.05, 0.1) is 5.75 Å². The van der Waals surface area contributed by atoms with Crippen molar-refractivity contribution in [3.05, 3.63) is 29.3 Å². The molecule has 0 saturated carbocycles. The van der Waals surface area contributed by atoms with Gasteiger partial charge in [0.25, 0.3) is 0 Å². The van der Waals surface area contributed by atoms with Gasteiger partial charge in [-0.15, -0.1) is 0 Å². The summed E-state index contributed by atoms with van der Waals surface area (Å²) in [4.78, 5) is 0. The lowest BCUT2D eigenvalue weighted by Gasteiger charge is -2.10. The van der Waals surface area contributed by atoms with Gasteiger partial charge in [0, 0.05) is 12.2 Å². The number of anilines is 1. The maximum atomic E-state index is 11.7. The Bertz CT molecular complexity index is 469. The lowest BCUT2D eigenvalue weighted by atomic mass is 10.1. The number of sulfonamides is 1. The predicted molar refractivity (Wildman–Crippen MR) is 71.9 cm³/mol. The highest BCUT2D eigenvalue weighted by molar-refractivity contribution is 7.92. The maximum Gasteiger partial charge on any atom is 0.233 e. The summed E-state index contributed by atoms with van der Waals surface area (Å²) in [5.41, 5.74) is 2.99. The van der Waals surface area contributed by atoms with Gasteiger partial charge >= 0.3 is 0 Å². The summed E-state index contributed by atoms with van der Waals surface area (Å²) in [5, 5.41) is 2.82. The maximum absolute atomic E-state index is 11.7. The molecule has 0 unspecified atom stereocenters. The summed E-state index contributed by atoms with van der Waals surface area (Å²) in [6.45, 7) is 4.53. The van der Waals surface area contributed by atoms with Crippen LogP contribution in [0.2, 0.25) is 0 Å². The van der Waals surface area contributed by atoms with E-state index in [1.165, 1.54) is 11.1 Å². The fraction of sp³-hybridized carbons (Fsp3) is 0.500. The minimum atomic E-state index is -3.25. The third kappa shape index (κ3) is 4.36. The van der Waals surface area contributed by atoms with Gasteiger partial charge in [-0.2, -0.15) is 0 Å². The van der Waals surface area contributed by atoms with Gasteiger partial charge in [0.1, 0.15) is 0 Å². The first-order chi connectivity index (χ1) is 7.98. The van der Waals surface area contributed by atoms with Gasteiger partial charge in [-0.05, 0) is 43.7 Å². The van der Waals surface area contributed by atoms with Crippen molar-refractivity contribution in [2.75, 3.05) is 24.1 Å². The van der Waals surface area contributed by atoms with Crippen LogP contribution in [0.3, 0.4) is 0 Å². The number of hydrogen-bond acceptors (Lipinski definition) is 3. The van der Waals surface area contributed by atoms with Crippen LogP contribution in [0.25, 0.3) is 0 Å². The smallest absolute Gasteiger partial charge is 0.233 e. The molecular formula is C12H20N2O2S. The van der Waals surface area contributed by atoms with E-state index in [9.17, 15) is 8.42 Å². The van der Waals surface area contributed by atoms with Crippen molar-refractivity contribution in [1.29, 1.82) is 0 Å². The van der Waals surface area contributed by atoms with Crippen molar-refractivity contribution < 1.29 is 8.42 Å². The average molecular weight is 256 g/mol. The average Bonchev–Trinajstić information content (AvgIpc) is 2.29. The molecule has 0 atom stereocenters. The van der Waals surface area contributed by atoms with Crippen molar-refractivity contribution in [3.8, 4) is 0 Å². The molecule has 0 radical (unpaired) electrons. The molecule has 0 heterocycles. The number of aryl methyl sites for hydroxylation is 2. The van der Waals surface area contributed by atoms with E-state index in [0.29, 0.717) is 12.2 Å². The van der Waals surface area contributed by atoms with Crippen LogP contribution in [0, 0.1) is 6.92 Å². The summed E-state index contributed by atoms with van der Waals surface area (Å²) >= 11 is 0. The van der Waals surface area contributed by atoms with E-state index in [0.717, 1.165) is 6.42 Å². The Balaban J connectivity index is 2.81. The minimum Gasteiger partial charge on any atom is -0.319 e. The number of benzene rings is 1. The fourth-order valence-corrected chi connectivity index (χ4v) is 2.64. The first-order valence-electron chi connectivity index (χ1n) is 5.73. The van der Waals surface area contributed by atoms with Crippen LogP contribution in [0.1, 0.15) is 18.1 Å². The zero-order valence-corrected chi connectivity index (χ0v) is 11.4. The van der Waals surface area contributed by atoms with Crippen molar-refractivity contribution in [2.24, 2.45) is 0 Å². The summed E-state index contributed by atoms with van der Waals surface area (Å²) in [6, 6.07) is 5.63. The van der Waals surface area contributed by atoms with E-state index in [1.54, 1.807) is 13.1 Å². The van der Waals surface area contributed by atoms with E-state index in [1.807, 2.05) is 19.1 Å². The number of nitrogens with one attached hydrogen (secondary N) is 2. The van der Waals surface area contributed by atoms with Crippen molar-refractivity contribution in [1.82, 2.24) is 5.32 Å². The van der Waals surface area contributed by atoms with Gasteiger partial charge in [-0.3, -0.25) is 4.72 Å². The Kier molecular flexibility index (Phi) is 4.96. The number of hydrogen-bond donors (Lipinski definition) is 2. The monoisotopic (exact) mass is 256 g/mol. The third-order valence-electron chi connectivity index (χ3n) is 2.62. The molecular weight excluding hydrogens is 236 g/mol. The quantitative estimate of drug-likeness (QED) is 0.811. The second-order valence-electron chi connectivity index (χ2n) is 4.02. The first-order valence-corrected chi connectivity index (χ1v) is 7.38. The van der Waals surface area contributed by atoms with Gasteiger partial charge in [-0.1, -0.05) is 13.0 Å². The second kappa shape index (κ2) is 6.02. The normalized spacial score (nSPS) is 11.5. The van der Waals surface area contributed by atoms with Crippen LogP contribution in [0.5, 0.6) is 0 Å². The largest absolute Gasteiger partial charge is 0.319 e. The molecule has 5 heteroatoms. The minimum absolute atomic E-state index is 0.0822. The molecule has 96 valence electrons. The third-order valence-corrected chi connectivity index (χ3v) is 3.91. The Morgan fingerprint density at radius 2 is 2.00 bits per heavy atom. The summed E-state index contributed by atoms with van der Waals surface area (Å²) in [5.74, 6) is 0.0822. The van der Waals surface area contributed by atoms with E-state index >= 15 is 0 Å². The van der Waals surface area contributed by atoms with Crippen molar-refractivity contribution in [2.45, 2.75) is 20.3 Å². The standard InChI is InChI=1S/C12H20N2O2S/c1-4-11-9-12(6-5-10(11)2)14-17(15,16)8-7-13-3/h5-6,9,13-14H,4,7-8H2,1-3H3. The molecule has 0 spiro atoms. The van der Waals surface area contributed by atoms with Gasteiger partial charge in [0.15, 0.2) is 0 Å². The molecule has 0 aliphatic rings. The molecule has 1 aromatic rings. The Hall–Kier alpha value is -1.07. The van der Waals surface area contributed by atoms with Crippen molar-refractivity contribution in [3.63, 3.8) is 0 Å². The molecule has 17 heavy (non-hydrogen) atoms. The molecule has 0 aromatic heterocycles. The Morgan fingerprint density at radius 3 is 2.59 bits per heavy atom. The zero-order valence-electron chi connectivity index (χ0n) is 10.6.